The van der Waals surface area contributed by atoms with Gasteiger partial charge in [0.15, 0.2) is 0 Å². The molecule has 0 fully saturated rings. The fourth-order valence-electron chi connectivity index (χ4n) is 1.81. The van der Waals surface area contributed by atoms with Crippen LogP contribution in [-0.4, -0.2) is 38.5 Å². The molecular weight excluding hydrogens is 282 g/mol. The van der Waals surface area contributed by atoms with Gasteiger partial charge in [0.2, 0.25) is 0 Å². The first kappa shape index (κ1) is 14.2. The summed E-state index contributed by atoms with van der Waals surface area (Å²) in [5.41, 5.74) is 1.60. The molecule has 0 bridgehead atoms. The maximum absolute atomic E-state index is 12.4. The molecule has 0 N–H and O–H groups in total. The predicted octanol–water partition coefficient (Wildman–Crippen LogP) is 2.23. The van der Waals surface area contributed by atoms with Crippen LogP contribution in [0.1, 0.15) is 36.8 Å². The summed E-state index contributed by atoms with van der Waals surface area (Å²) in [6.45, 7) is 6.79. The first-order chi connectivity index (χ1) is 8.01. The number of carbonyl (C=O) groups is 1. The number of aryl methyl sites for hydroxylation is 2. The number of aromatic nitrogens is 2. The van der Waals surface area contributed by atoms with E-state index < -0.39 is 0 Å². The molecule has 0 aromatic carbocycles. The van der Waals surface area contributed by atoms with Gasteiger partial charge >= 0.3 is 0 Å². The van der Waals surface area contributed by atoms with Crippen molar-refractivity contribution in [3.05, 3.63) is 17.5 Å². The number of nitrogens with zero attached hydrogens (tertiary/aromatic N) is 3. The second-order valence-corrected chi connectivity index (χ2v) is 5.09. The lowest BCUT2D eigenvalue weighted by molar-refractivity contribution is 0.0718. The maximum Gasteiger partial charge on any atom is 0.257 e. The minimum absolute atomic E-state index is 0.0735. The Morgan fingerprint density at radius 3 is 2.71 bits per heavy atom. The number of carbonyl (C=O) groups excluding carboxylic acids is 1. The van der Waals surface area contributed by atoms with Gasteiger partial charge < -0.3 is 4.90 Å². The largest absolute Gasteiger partial charge is 0.335 e. The van der Waals surface area contributed by atoms with E-state index in [4.69, 9.17) is 0 Å². The molecule has 1 aromatic rings. The Hall–Kier alpha value is -0.840. The summed E-state index contributed by atoms with van der Waals surface area (Å²) in [5, 5.41) is 5.10. The van der Waals surface area contributed by atoms with Crippen LogP contribution in [0.4, 0.5) is 0 Å². The standard InChI is InChI=1S/C12H20BrN3O/c1-5-11-10(8-15(4)14-11)12(17)16(7-6-13)9(2)3/h8-9H,5-7H2,1-4H3. The third-order valence-corrected chi connectivity index (χ3v) is 3.03. The van der Waals surface area contributed by atoms with Crippen molar-refractivity contribution >= 4 is 21.8 Å². The number of amides is 1. The van der Waals surface area contributed by atoms with E-state index in [1.54, 1.807) is 4.68 Å². The molecule has 0 radical (unpaired) electrons. The van der Waals surface area contributed by atoms with Gasteiger partial charge in [-0.3, -0.25) is 9.48 Å². The highest BCUT2D eigenvalue weighted by molar-refractivity contribution is 9.09. The van der Waals surface area contributed by atoms with E-state index in [1.807, 2.05) is 38.9 Å². The van der Waals surface area contributed by atoms with Crippen LogP contribution < -0.4 is 0 Å². The molecule has 17 heavy (non-hydrogen) atoms. The van der Waals surface area contributed by atoms with E-state index in [0.717, 1.165) is 23.0 Å². The van der Waals surface area contributed by atoms with Gasteiger partial charge in [0.05, 0.1) is 11.3 Å². The molecular formula is C12H20BrN3O. The van der Waals surface area contributed by atoms with Crippen molar-refractivity contribution in [3.8, 4) is 0 Å². The smallest absolute Gasteiger partial charge is 0.257 e. The lowest BCUT2D eigenvalue weighted by Crippen LogP contribution is -2.38. The van der Waals surface area contributed by atoms with Gasteiger partial charge in [0.25, 0.3) is 5.91 Å². The Labute approximate surface area is 111 Å². The minimum atomic E-state index is 0.0735. The van der Waals surface area contributed by atoms with E-state index in [2.05, 4.69) is 21.0 Å². The Bertz CT molecular complexity index is 387. The predicted molar refractivity (Wildman–Crippen MR) is 72.6 cm³/mol. The van der Waals surface area contributed by atoms with E-state index >= 15 is 0 Å². The second-order valence-electron chi connectivity index (χ2n) is 4.30. The highest BCUT2D eigenvalue weighted by Crippen LogP contribution is 2.13. The molecule has 0 atom stereocenters. The van der Waals surface area contributed by atoms with Crippen molar-refractivity contribution in [2.45, 2.75) is 33.2 Å². The first-order valence-electron chi connectivity index (χ1n) is 5.90. The Balaban J connectivity index is 3.00. The summed E-state index contributed by atoms with van der Waals surface area (Å²) in [6, 6.07) is 0.199. The molecule has 0 spiro atoms. The topological polar surface area (TPSA) is 38.1 Å². The van der Waals surface area contributed by atoms with Gasteiger partial charge in [0, 0.05) is 31.2 Å². The van der Waals surface area contributed by atoms with Gasteiger partial charge in [-0.2, -0.15) is 5.10 Å². The van der Waals surface area contributed by atoms with Crippen molar-refractivity contribution < 1.29 is 4.79 Å². The maximum atomic E-state index is 12.4. The normalized spacial score (nSPS) is 10.9. The van der Waals surface area contributed by atoms with Crippen molar-refractivity contribution in [1.29, 1.82) is 0 Å². The average Bonchev–Trinajstić information content (AvgIpc) is 2.66. The van der Waals surface area contributed by atoms with Crippen LogP contribution in [0.15, 0.2) is 6.20 Å². The van der Waals surface area contributed by atoms with Crippen molar-refractivity contribution in [3.63, 3.8) is 0 Å². The fourth-order valence-corrected chi connectivity index (χ4v) is 2.20. The van der Waals surface area contributed by atoms with Gasteiger partial charge in [-0.25, -0.2) is 0 Å². The summed E-state index contributed by atoms with van der Waals surface area (Å²) in [6.07, 6.45) is 2.59. The van der Waals surface area contributed by atoms with Crippen molar-refractivity contribution in [2.75, 3.05) is 11.9 Å². The molecule has 0 unspecified atom stereocenters. The van der Waals surface area contributed by atoms with Crippen LogP contribution in [0, 0.1) is 0 Å². The van der Waals surface area contributed by atoms with Gasteiger partial charge in [0.1, 0.15) is 0 Å². The third kappa shape index (κ3) is 3.31. The lowest BCUT2D eigenvalue weighted by atomic mass is 10.1. The quantitative estimate of drug-likeness (QED) is 0.782. The molecule has 0 aliphatic carbocycles. The van der Waals surface area contributed by atoms with E-state index in [-0.39, 0.29) is 11.9 Å². The van der Waals surface area contributed by atoms with E-state index in [9.17, 15) is 4.79 Å². The highest BCUT2D eigenvalue weighted by atomic mass is 79.9. The van der Waals surface area contributed by atoms with E-state index in [1.165, 1.54) is 0 Å². The molecule has 1 aromatic heterocycles. The SMILES string of the molecule is CCc1nn(C)cc1C(=O)N(CCBr)C(C)C. The molecule has 96 valence electrons. The minimum Gasteiger partial charge on any atom is -0.335 e. The highest BCUT2D eigenvalue weighted by Gasteiger charge is 2.22. The Morgan fingerprint density at radius 2 is 2.24 bits per heavy atom. The van der Waals surface area contributed by atoms with Crippen molar-refractivity contribution in [2.24, 2.45) is 7.05 Å². The van der Waals surface area contributed by atoms with Crippen LogP contribution in [0.2, 0.25) is 0 Å². The van der Waals surface area contributed by atoms with Gasteiger partial charge in [-0.15, -0.1) is 0 Å². The zero-order valence-corrected chi connectivity index (χ0v) is 12.5. The van der Waals surface area contributed by atoms with Gasteiger partial charge in [-0.1, -0.05) is 22.9 Å². The molecule has 0 aliphatic heterocycles. The van der Waals surface area contributed by atoms with Crippen LogP contribution in [0.25, 0.3) is 0 Å². The molecule has 1 heterocycles. The molecule has 5 heteroatoms. The summed E-state index contributed by atoms with van der Waals surface area (Å²) in [7, 11) is 1.85. The van der Waals surface area contributed by atoms with Crippen LogP contribution >= 0.6 is 15.9 Å². The number of halogens is 1. The molecule has 0 aliphatic rings. The number of rotatable bonds is 5. The molecule has 0 saturated carbocycles. The molecule has 0 saturated heterocycles. The zero-order chi connectivity index (χ0) is 13.0. The summed E-state index contributed by atoms with van der Waals surface area (Å²) >= 11 is 3.39. The summed E-state index contributed by atoms with van der Waals surface area (Å²) in [4.78, 5) is 14.3. The zero-order valence-electron chi connectivity index (χ0n) is 10.9. The second kappa shape index (κ2) is 6.19. The average molecular weight is 302 g/mol. The molecule has 1 amide bonds. The van der Waals surface area contributed by atoms with Crippen molar-refractivity contribution in [1.82, 2.24) is 14.7 Å². The molecule has 1 rings (SSSR count). The first-order valence-corrected chi connectivity index (χ1v) is 7.02. The Kier molecular flexibility index (Phi) is 5.18. The van der Waals surface area contributed by atoms with Crippen LogP contribution in [0.5, 0.6) is 0 Å². The Morgan fingerprint density at radius 1 is 1.59 bits per heavy atom. The summed E-state index contributed by atoms with van der Waals surface area (Å²) < 4.78 is 1.71. The fraction of sp³-hybridized carbons (Fsp3) is 0.667. The number of hydrogen-bond donors (Lipinski definition) is 0. The number of alkyl halides is 1. The molecule has 4 nitrogen and oxygen atoms in total. The van der Waals surface area contributed by atoms with Crippen LogP contribution in [0.3, 0.4) is 0 Å². The third-order valence-electron chi connectivity index (χ3n) is 2.68. The summed E-state index contributed by atoms with van der Waals surface area (Å²) in [5.74, 6) is 0.0735. The van der Waals surface area contributed by atoms with Crippen LogP contribution in [-0.2, 0) is 13.5 Å². The van der Waals surface area contributed by atoms with E-state index in [0.29, 0.717) is 6.54 Å². The number of hydrogen-bond acceptors (Lipinski definition) is 2. The monoisotopic (exact) mass is 301 g/mol. The lowest BCUT2D eigenvalue weighted by Gasteiger charge is -2.25. The van der Waals surface area contributed by atoms with Gasteiger partial charge in [-0.05, 0) is 20.3 Å².